The molecule has 0 atom stereocenters. The molecule has 2 aromatic rings. The lowest BCUT2D eigenvalue weighted by atomic mass is 10.2. The van der Waals surface area contributed by atoms with Crippen LogP contribution in [0.5, 0.6) is 5.75 Å². The van der Waals surface area contributed by atoms with Crippen molar-refractivity contribution in [2.24, 2.45) is 7.05 Å². The van der Waals surface area contributed by atoms with Gasteiger partial charge in [0.1, 0.15) is 18.1 Å². The van der Waals surface area contributed by atoms with Crippen LogP contribution in [-0.2, 0) is 20.1 Å². The molecule has 1 N–H and O–H groups in total. The summed E-state index contributed by atoms with van der Waals surface area (Å²) in [6, 6.07) is 9.57. The van der Waals surface area contributed by atoms with E-state index in [4.69, 9.17) is 10.00 Å². The Balaban J connectivity index is 1.78. The number of rotatable bonds is 6. The van der Waals surface area contributed by atoms with Gasteiger partial charge in [-0.05, 0) is 17.7 Å². The van der Waals surface area contributed by atoms with Crippen LogP contribution < -0.4 is 10.1 Å². The van der Waals surface area contributed by atoms with Crippen molar-refractivity contribution < 1.29 is 4.74 Å². The molecule has 0 aliphatic rings. The average molecular weight is 257 g/mol. The molecule has 0 radical (unpaired) electrons. The molecule has 0 amide bonds. The molecular formula is C13H15N5O. The minimum Gasteiger partial charge on any atom is -0.479 e. The number of nitriles is 1. The monoisotopic (exact) mass is 257 g/mol. The summed E-state index contributed by atoms with van der Waals surface area (Å²) in [5.74, 6) is 1.48. The fourth-order valence-corrected chi connectivity index (χ4v) is 1.60. The zero-order valence-corrected chi connectivity index (χ0v) is 10.7. The van der Waals surface area contributed by atoms with Gasteiger partial charge in [0.05, 0.1) is 6.54 Å². The third-order valence-corrected chi connectivity index (χ3v) is 2.49. The minimum absolute atomic E-state index is 0.0724. The highest BCUT2D eigenvalue weighted by Gasteiger charge is 1.99. The van der Waals surface area contributed by atoms with Gasteiger partial charge in [0, 0.05) is 13.6 Å². The highest BCUT2D eigenvalue weighted by molar-refractivity contribution is 5.27. The molecule has 0 unspecified atom stereocenters. The van der Waals surface area contributed by atoms with Crippen LogP contribution in [0.25, 0.3) is 0 Å². The second-order valence-corrected chi connectivity index (χ2v) is 4.03. The van der Waals surface area contributed by atoms with Gasteiger partial charge in [0.2, 0.25) is 0 Å². The third-order valence-electron chi connectivity index (χ3n) is 2.49. The number of nitrogens with one attached hydrogen (secondary N) is 1. The molecule has 19 heavy (non-hydrogen) atoms. The van der Waals surface area contributed by atoms with Crippen molar-refractivity contribution in [3.05, 3.63) is 42.0 Å². The van der Waals surface area contributed by atoms with Crippen molar-refractivity contribution in [3.8, 4) is 11.8 Å². The Hall–Kier alpha value is -2.39. The van der Waals surface area contributed by atoms with Gasteiger partial charge >= 0.3 is 0 Å². The van der Waals surface area contributed by atoms with E-state index in [2.05, 4.69) is 15.4 Å². The van der Waals surface area contributed by atoms with Gasteiger partial charge in [-0.25, -0.2) is 4.98 Å². The predicted octanol–water partition coefficient (Wildman–Crippen LogP) is 1.01. The topological polar surface area (TPSA) is 75.8 Å². The van der Waals surface area contributed by atoms with Crippen LogP contribution >= 0.6 is 0 Å². The van der Waals surface area contributed by atoms with E-state index in [-0.39, 0.29) is 6.61 Å². The maximum atomic E-state index is 8.41. The Morgan fingerprint density at radius 3 is 2.74 bits per heavy atom. The first-order chi connectivity index (χ1) is 9.28. The molecule has 0 aliphatic carbocycles. The molecule has 0 spiro atoms. The van der Waals surface area contributed by atoms with Gasteiger partial charge in [-0.3, -0.25) is 4.68 Å². The Morgan fingerprint density at radius 1 is 1.32 bits per heavy atom. The standard InChI is InChI=1S/C13H15N5O/c1-18-10-16-13(17-18)9-15-8-11-2-4-12(5-3-11)19-7-6-14/h2-5,10,15H,7-9H2,1H3. The van der Waals surface area contributed by atoms with Gasteiger partial charge in [-0.15, -0.1) is 0 Å². The van der Waals surface area contributed by atoms with E-state index in [9.17, 15) is 0 Å². The number of aromatic nitrogens is 3. The highest BCUT2D eigenvalue weighted by Crippen LogP contribution is 2.11. The summed E-state index contributed by atoms with van der Waals surface area (Å²) >= 11 is 0. The molecule has 2 rings (SSSR count). The van der Waals surface area contributed by atoms with E-state index in [0.717, 1.165) is 17.9 Å². The quantitative estimate of drug-likeness (QED) is 0.835. The summed E-state index contributed by atoms with van der Waals surface area (Å²) in [5, 5.41) is 15.9. The molecule has 0 saturated carbocycles. The van der Waals surface area contributed by atoms with Crippen LogP contribution in [0.4, 0.5) is 0 Å². The molecule has 98 valence electrons. The molecule has 1 aromatic carbocycles. The Labute approximate surface area is 111 Å². The Kier molecular flexibility index (Phi) is 4.48. The van der Waals surface area contributed by atoms with Gasteiger partial charge in [-0.1, -0.05) is 12.1 Å². The summed E-state index contributed by atoms with van der Waals surface area (Å²) in [6.45, 7) is 1.44. The number of nitrogens with zero attached hydrogens (tertiary/aromatic N) is 4. The first kappa shape index (κ1) is 13.1. The minimum atomic E-state index is 0.0724. The summed E-state index contributed by atoms with van der Waals surface area (Å²) in [7, 11) is 1.84. The first-order valence-electron chi connectivity index (χ1n) is 5.92. The van der Waals surface area contributed by atoms with Crippen molar-refractivity contribution in [2.75, 3.05) is 6.61 Å². The lowest BCUT2D eigenvalue weighted by molar-refractivity contribution is 0.368. The predicted molar refractivity (Wildman–Crippen MR) is 69.1 cm³/mol. The number of hydrogen-bond acceptors (Lipinski definition) is 5. The van der Waals surface area contributed by atoms with E-state index in [0.29, 0.717) is 12.3 Å². The second-order valence-electron chi connectivity index (χ2n) is 4.03. The van der Waals surface area contributed by atoms with Gasteiger partial charge in [0.15, 0.2) is 12.4 Å². The lowest BCUT2D eigenvalue weighted by Crippen LogP contribution is -2.14. The summed E-state index contributed by atoms with van der Waals surface area (Å²) in [5.41, 5.74) is 1.14. The van der Waals surface area contributed by atoms with E-state index in [1.54, 1.807) is 11.0 Å². The van der Waals surface area contributed by atoms with Crippen LogP contribution in [0.2, 0.25) is 0 Å². The smallest absolute Gasteiger partial charge is 0.174 e. The molecule has 0 aliphatic heterocycles. The first-order valence-corrected chi connectivity index (χ1v) is 5.92. The van der Waals surface area contributed by atoms with Crippen LogP contribution in [0.15, 0.2) is 30.6 Å². The fourth-order valence-electron chi connectivity index (χ4n) is 1.60. The van der Waals surface area contributed by atoms with E-state index >= 15 is 0 Å². The van der Waals surface area contributed by atoms with Crippen LogP contribution in [0, 0.1) is 11.3 Å². The van der Waals surface area contributed by atoms with Crippen molar-refractivity contribution in [1.82, 2.24) is 20.1 Å². The molecular weight excluding hydrogens is 242 g/mol. The number of ether oxygens (including phenoxy) is 1. The normalized spacial score (nSPS) is 10.1. The second kappa shape index (κ2) is 6.52. The lowest BCUT2D eigenvalue weighted by Gasteiger charge is -2.05. The Morgan fingerprint density at radius 2 is 2.11 bits per heavy atom. The SMILES string of the molecule is Cn1cnc(CNCc2ccc(OCC#N)cc2)n1. The van der Waals surface area contributed by atoms with Gasteiger partial charge in [-0.2, -0.15) is 10.4 Å². The number of benzene rings is 1. The van der Waals surface area contributed by atoms with E-state index < -0.39 is 0 Å². The maximum absolute atomic E-state index is 8.41. The van der Waals surface area contributed by atoms with Crippen molar-refractivity contribution in [3.63, 3.8) is 0 Å². The van der Waals surface area contributed by atoms with Gasteiger partial charge in [0.25, 0.3) is 0 Å². The Bertz CT molecular complexity index is 555. The number of hydrogen-bond donors (Lipinski definition) is 1. The molecule has 1 aromatic heterocycles. The zero-order valence-electron chi connectivity index (χ0n) is 10.7. The summed E-state index contributed by atoms with van der Waals surface area (Å²) in [4.78, 5) is 4.13. The molecule has 0 fully saturated rings. The van der Waals surface area contributed by atoms with Crippen LogP contribution in [0.3, 0.4) is 0 Å². The van der Waals surface area contributed by atoms with Crippen LogP contribution in [-0.4, -0.2) is 21.4 Å². The number of aryl methyl sites for hydroxylation is 1. The van der Waals surface area contributed by atoms with Crippen LogP contribution in [0.1, 0.15) is 11.4 Å². The maximum Gasteiger partial charge on any atom is 0.174 e. The molecule has 0 saturated heterocycles. The third kappa shape index (κ3) is 4.08. The van der Waals surface area contributed by atoms with Crippen molar-refractivity contribution in [2.45, 2.75) is 13.1 Å². The zero-order chi connectivity index (χ0) is 13.5. The fraction of sp³-hybridized carbons (Fsp3) is 0.308. The van der Waals surface area contributed by atoms with E-state index in [1.165, 1.54) is 0 Å². The molecule has 6 nitrogen and oxygen atoms in total. The van der Waals surface area contributed by atoms with Gasteiger partial charge < -0.3 is 10.1 Å². The molecule has 1 heterocycles. The van der Waals surface area contributed by atoms with Crippen molar-refractivity contribution in [1.29, 1.82) is 5.26 Å². The molecule has 6 heteroatoms. The largest absolute Gasteiger partial charge is 0.479 e. The highest BCUT2D eigenvalue weighted by atomic mass is 16.5. The average Bonchev–Trinajstić information content (AvgIpc) is 2.84. The van der Waals surface area contributed by atoms with Crippen molar-refractivity contribution >= 4 is 0 Å². The summed E-state index contributed by atoms with van der Waals surface area (Å²) < 4.78 is 6.86. The molecule has 0 bridgehead atoms. The summed E-state index contributed by atoms with van der Waals surface area (Å²) in [6.07, 6.45) is 1.68. The van der Waals surface area contributed by atoms with E-state index in [1.807, 2.05) is 37.4 Å².